The first-order valence-electron chi connectivity index (χ1n) is 7.60. The summed E-state index contributed by atoms with van der Waals surface area (Å²) in [5.41, 5.74) is 1.21. The van der Waals surface area contributed by atoms with Crippen molar-refractivity contribution in [3.8, 4) is 0 Å². The molecule has 0 saturated carbocycles. The van der Waals surface area contributed by atoms with Crippen LogP contribution in [0.3, 0.4) is 0 Å². The molecule has 0 aliphatic rings. The molecule has 0 aliphatic heterocycles. The molecule has 0 heterocycles. The smallest absolute Gasteiger partial charge is 0.208 e. The molecule has 0 fully saturated rings. The van der Waals surface area contributed by atoms with Gasteiger partial charge in [0.15, 0.2) is 0 Å². The Hall–Kier alpha value is -0.870. The highest BCUT2D eigenvalue weighted by molar-refractivity contribution is 7.89. The van der Waals surface area contributed by atoms with Gasteiger partial charge in [-0.1, -0.05) is 45.2 Å². The summed E-state index contributed by atoms with van der Waals surface area (Å²) in [4.78, 5) is 0.357. The van der Waals surface area contributed by atoms with Crippen LogP contribution in [0.15, 0.2) is 29.2 Å². The summed E-state index contributed by atoms with van der Waals surface area (Å²) in [6, 6.07) is 7.24. The lowest BCUT2D eigenvalue weighted by Gasteiger charge is -2.12. The van der Waals surface area contributed by atoms with Crippen molar-refractivity contribution in [2.45, 2.75) is 70.2 Å². The van der Waals surface area contributed by atoms with Gasteiger partial charge in [0.1, 0.15) is 0 Å². The fraction of sp³-hybridized carbons (Fsp3) is 0.625. The summed E-state index contributed by atoms with van der Waals surface area (Å²) in [5.74, 6) is 0. The minimum absolute atomic E-state index is 0.0336. The fourth-order valence-corrected chi connectivity index (χ4v) is 3.33. The third-order valence-corrected chi connectivity index (χ3v) is 5.13. The molecule has 3 nitrogen and oxygen atoms in total. The molecule has 1 N–H and O–H groups in total. The molecule has 0 aromatic heterocycles. The largest absolute Gasteiger partial charge is 0.240 e. The molecule has 1 aromatic carbocycles. The SMILES string of the molecule is CCCCCCc1ccc(S(=O)(=O)NC(C)CC)cc1. The third-order valence-electron chi connectivity index (χ3n) is 3.52. The molecular formula is C16H27NO2S. The van der Waals surface area contributed by atoms with Crippen LogP contribution in [0.2, 0.25) is 0 Å². The lowest BCUT2D eigenvalue weighted by atomic mass is 10.1. The lowest BCUT2D eigenvalue weighted by Crippen LogP contribution is -2.31. The van der Waals surface area contributed by atoms with Crippen molar-refractivity contribution in [2.75, 3.05) is 0 Å². The van der Waals surface area contributed by atoms with Crippen molar-refractivity contribution >= 4 is 10.0 Å². The molecule has 1 unspecified atom stereocenters. The normalized spacial score (nSPS) is 13.3. The van der Waals surface area contributed by atoms with Crippen LogP contribution in [0.5, 0.6) is 0 Å². The topological polar surface area (TPSA) is 46.2 Å². The van der Waals surface area contributed by atoms with Crippen molar-refractivity contribution in [1.82, 2.24) is 4.72 Å². The van der Waals surface area contributed by atoms with Gasteiger partial charge in [-0.25, -0.2) is 13.1 Å². The minimum atomic E-state index is -3.37. The minimum Gasteiger partial charge on any atom is -0.208 e. The van der Waals surface area contributed by atoms with Crippen molar-refractivity contribution < 1.29 is 8.42 Å². The number of hydrogen-bond acceptors (Lipinski definition) is 2. The molecule has 1 atom stereocenters. The number of nitrogens with one attached hydrogen (secondary N) is 1. The van der Waals surface area contributed by atoms with Crippen molar-refractivity contribution in [2.24, 2.45) is 0 Å². The first-order valence-corrected chi connectivity index (χ1v) is 9.09. The van der Waals surface area contributed by atoms with Crippen LogP contribution in [0.4, 0.5) is 0 Å². The summed E-state index contributed by atoms with van der Waals surface area (Å²) >= 11 is 0. The molecule has 0 spiro atoms. The molecule has 1 aromatic rings. The van der Waals surface area contributed by atoms with E-state index in [0.29, 0.717) is 4.90 Å². The van der Waals surface area contributed by atoms with Gasteiger partial charge in [-0.15, -0.1) is 0 Å². The summed E-state index contributed by atoms with van der Waals surface area (Å²) < 4.78 is 26.9. The Morgan fingerprint density at radius 2 is 1.70 bits per heavy atom. The van der Waals surface area contributed by atoms with Gasteiger partial charge in [0, 0.05) is 6.04 Å². The molecule has 0 amide bonds. The number of sulfonamides is 1. The molecule has 0 bridgehead atoms. The molecular weight excluding hydrogens is 270 g/mol. The quantitative estimate of drug-likeness (QED) is 0.703. The Morgan fingerprint density at radius 3 is 2.25 bits per heavy atom. The molecule has 0 saturated heterocycles. The zero-order chi connectivity index (χ0) is 15.0. The standard InChI is InChI=1S/C16H27NO2S/c1-4-6-7-8-9-15-10-12-16(13-11-15)20(18,19)17-14(3)5-2/h10-14,17H,4-9H2,1-3H3. The summed E-state index contributed by atoms with van der Waals surface area (Å²) in [6.45, 7) is 6.04. The van der Waals surface area contributed by atoms with Gasteiger partial charge in [-0.05, 0) is 43.9 Å². The zero-order valence-corrected chi connectivity index (χ0v) is 13.7. The third kappa shape index (κ3) is 5.63. The van der Waals surface area contributed by atoms with Crippen LogP contribution in [0, 0.1) is 0 Å². The maximum Gasteiger partial charge on any atom is 0.240 e. The Bertz CT molecular complexity index is 480. The second-order valence-electron chi connectivity index (χ2n) is 5.39. The average Bonchev–Trinajstić information content (AvgIpc) is 2.43. The van der Waals surface area contributed by atoms with Crippen LogP contribution >= 0.6 is 0 Å². The monoisotopic (exact) mass is 297 g/mol. The van der Waals surface area contributed by atoms with Gasteiger partial charge in [0.05, 0.1) is 4.90 Å². The number of rotatable bonds is 9. The van der Waals surface area contributed by atoms with Crippen LogP contribution < -0.4 is 4.72 Å². The highest BCUT2D eigenvalue weighted by Gasteiger charge is 2.15. The highest BCUT2D eigenvalue weighted by atomic mass is 32.2. The van der Waals surface area contributed by atoms with Gasteiger partial charge in [-0.2, -0.15) is 0 Å². The van der Waals surface area contributed by atoms with Crippen molar-refractivity contribution in [1.29, 1.82) is 0 Å². The molecule has 20 heavy (non-hydrogen) atoms. The van der Waals surface area contributed by atoms with E-state index in [2.05, 4.69) is 11.6 Å². The predicted octanol–water partition coefficient (Wildman–Crippen LogP) is 3.89. The fourth-order valence-electron chi connectivity index (χ4n) is 2.01. The first kappa shape index (κ1) is 17.2. The Morgan fingerprint density at radius 1 is 1.05 bits per heavy atom. The molecule has 114 valence electrons. The molecule has 0 aliphatic carbocycles. The van der Waals surface area contributed by atoms with Crippen LogP contribution in [0.25, 0.3) is 0 Å². The van der Waals surface area contributed by atoms with Crippen LogP contribution in [0.1, 0.15) is 58.4 Å². The summed E-state index contributed by atoms with van der Waals surface area (Å²) in [6.07, 6.45) is 6.73. The number of unbranched alkanes of at least 4 members (excludes halogenated alkanes) is 3. The van der Waals surface area contributed by atoms with Crippen LogP contribution in [-0.2, 0) is 16.4 Å². The van der Waals surface area contributed by atoms with Crippen molar-refractivity contribution in [3.63, 3.8) is 0 Å². The van der Waals surface area contributed by atoms with Crippen molar-refractivity contribution in [3.05, 3.63) is 29.8 Å². The molecule has 1 rings (SSSR count). The predicted molar refractivity (Wildman–Crippen MR) is 84.4 cm³/mol. The number of benzene rings is 1. The zero-order valence-electron chi connectivity index (χ0n) is 12.9. The van der Waals surface area contributed by atoms with Crippen LogP contribution in [-0.4, -0.2) is 14.5 Å². The van der Waals surface area contributed by atoms with Gasteiger partial charge in [0.2, 0.25) is 10.0 Å². The van der Waals surface area contributed by atoms with E-state index in [0.717, 1.165) is 12.8 Å². The van der Waals surface area contributed by atoms with E-state index in [4.69, 9.17) is 0 Å². The first-order chi connectivity index (χ1) is 9.49. The van der Waals surface area contributed by atoms with E-state index in [1.54, 1.807) is 12.1 Å². The van der Waals surface area contributed by atoms with Gasteiger partial charge in [-0.3, -0.25) is 0 Å². The molecule has 4 heteroatoms. The van der Waals surface area contributed by atoms with E-state index >= 15 is 0 Å². The number of aryl methyl sites for hydroxylation is 1. The second kappa shape index (κ2) is 8.42. The Balaban J connectivity index is 2.61. The van der Waals surface area contributed by atoms with Gasteiger partial charge >= 0.3 is 0 Å². The van der Waals surface area contributed by atoms with E-state index < -0.39 is 10.0 Å². The van der Waals surface area contributed by atoms with Gasteiger partial charge in [0.25, 0.3) is 0 Å². The van der Waals surface area contributed by atoms with E-state index in [1.807, 2.05) is 26.0 Å². The maximum atomic E-state index is 12.1. The summed E-state index contributed by atoms with van der Waals surface area (Å²) in [7, 11) is -3.37. The lowest BCUT2D eigenvalue weighted by molar-refractivity contribution is 0.556. The highest BCUT2D eigenvalue weighted by Crippen LogP contribution is 2.14. The molecule has 0 radical (unpaired) electrons. The van der Waals surface area contributed by atoms with E-state index in [1.165, 1.54) is 31.2 Å². The maximum absolute atomic E-state index is 12.1. The number of hydrogen-bond donors (Lipinski definition) is 1. The second-order valence-corrected chi connectivity index (χ2v) is 7.10. The Labute approximate surface area is 123 Å². The Kier molecular flexibility index (Phi) is 7.24. The van der Waals surface area contributed by atoms with E-state index in [9.17, 15) is 8.42 Å². The average molecular weight is 297 g/mol. The summed E-state index contributed by atoms with van der Waals surface area (Å²) in [5, 5.41) is 0. The van der Waals surface area contributed by atoms with Gasteiger partial charge < -0.3 is 0 Å². The van der Waals surface area contributed by atoms with E-state index in [-0.39, 0.29) is 6.04 Å².